The first-order valence-electron chi connectivity index (χ1n) is 7.95. The van der Waals surface area contributed by atoms with Crippen molar-refractivity contribution in [2.24, 2.45) is 0 Å². The number of morpholine rings is 1. The number of anilines is 1. The molecule has 0 radical (unpaired) electrons. The van der Waals surface area contributed by atoms with E-state index in [2.05, 4.69) is 5.32 Å². The smallest absolute Gasteiger partial charge is 0.254 e. The molecule has 1 atom stereocenters. The first-order valence-corrected chi connectivity index (χ1v) is 8.83. The summed E-state index contributed by atoms with van der Waals surface area (Å²) < 4.78 is 5.46. The third-order valence-corrected chi connectivity index (χ3v) is 4.74. The first-order chi connectivity index (χ1) is 11.6. The Labute approximate surface area is 145 Å². The Morgan fingerprint density at radius 2 is 2.08 bits per heavy atom. The number of thiophene rings is 1. The molecule has 1 unspecified atom stereocenters. The maximum atomic E-state index is 12.5. The zero-order chi connectivity index (χ0) is 16.9. The topological polar surface area (TPSA) is 58.6 Å². The zero-order valence-electron chi connectivity index (χ0n) is 13.5. The Morgan fingerprint density at radius 1 is 1.29 bits per heavy atom. The SMILES string of the molecule is CC1CN(C(=O)c2ccc(NC(=O)Cc3cccs3)cc2)CCO1. The Bertz CT molecular complexity index is 698. The van der Waals surface area contributed by atoms with Crippen LogP contribution in [0.5, 0.6) is 0 Å². The molecule has 126 valence electrons. The highest BCUT2D eigenvalue weighted by molar-refractivity contribution is 7.10. The molecule has 1 aromatic heterocycles. The van der Waals surface area contributed by atoms with E-state index < -0.39 is 0 Å². The van der Waals surface area contributed by atoms with Gasteiger partial charge in [-0.25, -0.2) is 0 Å². The molecule has 0 saturated carbocycles. The number of nitrogens with one attached hydrogen (secondary N) is 1. The van der Waals surface area contributed by atoms with Crippen LogP contribution in [0, 0.1) is 0 Å². The molecule has 24 heavy (non-hydrogen) atoms. The van der Waals surface area contributed by atoms with Crippen LogP contribution in [0.25, 0.3) is 0 Å². The predicted octanol–water partition coefficient (Wildman–Crippen LogP) is 2.79. The van der Waals surface area contributed by atoms with E-state index in [0.29, 0.717) is 37.4 Å². The number of nitrogens with zero attached hydrogens (tertiary/aromatic N) is 1. The zero-order valence-corrected chi connectivity index (χ0v) is 14.3. The van der Waals surface area contributed by atoms with Crippen molar-refractivity contribution in [3.63, 3.8) is 0 Å². The highest BCUT2D eigenvalue weighted by atomic mass is 32.1. The van der Waals surface area contributed by atoms with Gasteiger partial charge in [0.2, 0.25) is 5.91 Å². The van der Waals surface area contributed by atoms with Gasteiger partial charge in [-0.2, -0.15) is 0 Å². The van der Waals surface area contributed by atoms with Crippen molar-refractivity contribution < 1.29 is 14.3 Å². The van der Waals surface area contributed by atoms with Gasteiger partial charge in [-0.15, -0.1) is 11.3 Å². The second kappa shape index (κ2) is 7.59. The number of benzene rings is 1. The number of amides is 2. The van der Waals surface area contributed by atoms with E-state index in [1.807, 2.05) is 24.4 Å². The van der Waals surface area contributed by atoms with Crippen LogP contribution < -0.4 is 5.32 Å². The van der Waals surface area contributed by atoms with Gasteiger partial charge in [0.25, 0.3) is 5.91 Å². The molecule has 2 aromatic rings. The highest BCUT2D eigenvalue weighted by Gasteiger charge is 2.22. The Hall–Kier alpha value is -2.18. The number of carbonyl (C=O) groups excluding carboxylic acids is 2. The molecule has 1 saturated heterocycles. The molecule has 1 aromatic carbocycles. The van der Waals surface area contributed by atoms with Crippen molar-refractivity contribution in [2.45, 2.75) is 19.4 Å². The van der Waals surface area contributed by atoms with Gasteiger partial charge in [0.15, 0.2) is 0 Å². The monoisotopic (exact) mass is 344 g/mol. The van der Waals surface area contributed by atoms with E-state index in [-0.39, 0.29) is 17.9 Å². The summed E-state index contributed by atoms with van der Waals surface area (Å²) in [5.41, 5.74) is 1.32. The Balaban J connectivity index is 1.58. The molecule has 1 aliphatic heterocycles. The lowest BCUT2D eigenvalue weighted by Crippen LogP contribution is -2.44. The highest BCUT2D eigenvalue weighted by Crippen LogP contribution is 2.15. The summed E-state index contributed by atoms with van der Waals surface area (Å²) in [4.78, 5) is 27.3. The van der Waals surface area contributed by atoms with E-state index in [0.717, 1.165) is 4.88 Å². The van der Waals surface area contributed by atoms with Crippen molar-refractivity contribution in [1.82, 2.24) is 4.90 Å². The van der Waals surface area contributed by atoms with Gasteiger partial charge in [-0.1, -0.05) is 6.07 Å². The molecular weight excluding hydrogens is 324 g/mol. The van der Waals surface area contributed by atoms with Crippen LogP contribution in [-0.4, -0.2) is 42.5 Å². The molecule has 0 bridgehead atoms. The maximum Gasteiger partial charge on any atom is 0.254 e. The number of carbonyl (C=O) groups is 2. The number of rotatable bonds is 4. The van der Waals surface area contributed by atoms with Crippen LogP contribution >= 0.6 is 11.3 Å². The minimum atomic E-state index is -0.0569. The number of hydrogen-bond donors (Lipinski definition) is 1. The molecule has 2 amide bonds. The second-order valence-corrected chi connectivity index (χ2v) is 6.85. The molecule has 0 aliphatic carbocycles. The summed E-state index contributed by atoms with van der Waals surface area (Å²) in [6.45, 7) is 3.76. The molecule has 6 heteroatoms. The predicted molar refractivity (Wildman–Crippen MR) is 94.4 cm³/mol. The van der Waals surface area contributed by atoms with E-state index in [9.17, 15) is 9.59 Å². The van der Waals surface area contributed by atoms with E-state index in [1.54, 1.807) is 40.5 Å². The van der Waals surface area contributed by atoms with Gasteiger partial charge >= 0.3 is 0 Å². The van der Waals surface area contributed by atoms with Gasteiger partial charge in [0.05, 0.1) is 19.1 Å². The van der Waals surface area contributed by atoms with Crippen LogP contribution in [0.4, 0.5) is 5.69 Å². The van der Waals surface area contributed by atoms with Crippen molar-refractivity contribution >= 4 is 28.8 Å². The lowest BCUT2D eigenvalue weighted by atomic mass is 10.1. The van der Waals surface area contributed by atoms with Crippen molar-refractivity contribution in [3.05, 3.63) is 52.2 Å². The molecule has 1 fully saturated rings. The summed E-state index contributed by atoms with van der Waals surface area (Å²) in [5, 5.41) is 4.81. The molecule has 0 spiro atoms. The van der Waals surface area contributed by atoms with Gasteiger partial charge in [0.1, 0.15) is 0 Å². The van der Waals surface area contributed by atoms with Crippen molar-refractivity contribution in [2.75, 3.05) is 25.0 Å². The standard InChI is InChI=1S/C18H20N2O3S/c1-13-12-20(8-9-23-13)18(22)14-4-6-15(7-5-14)19-17(21)11-16-3-2-10-24-16/h2-7,10,13H,8-9,11-12H2,1H3,(H,19,21). The fourth-order valence-corrected chi connectivity index (χ4v) is 3.36. The van der Waals surface area contributed by atoms with Gasteiger partial charge in [-0.3, -0.25) is 9.59 Å². The first kappa shape index (κ1) is 16.7. The van der Waals surface area contributed by atoms with Crippen LogP contribution in [0.15, 0.2) is 41.8 Å². The molecule has 1 aliphatic rings. The molecule has 1 N–H and O–H groups in total. The number of ether oxygens (including phenoxy) is 1. The fraction of sp³-hybridized carbons (Fsp3) is 0.333. The third kappa shape index (κ3) is 4.21. The summed E-state index contributed by atoms with van der Waals surface area (Å²) >= 11 is 1.56. The largest absolute Gasteiger partial charge is 0.375 e. The fourth-order valence-electron chi connectivity index (χ4n) is 2.66. The van der Waals surface area contributed by atoms with Crippen LogP contribution in [0.2, 0.25) is 0 Å². The van der Waals surface area contributed by atoms with Crippen LogP contribution in [0.3, 0.4) is 0 Å². The van der Waals surface area contributed by atoms with E-state index in [4.69, 9.17) is 4.74 Å². The van der Waals surface area contributed by atoms with Gasteiger partial charge in [-0.05, 0) is 42.6 Å². The lowest BCUT2D eigenvalue weighted by molar-refractivity contribution is -0.115. The molecule has 3 rings (SSSR count). The van der Waals surface area contributed by atoms with E-state index in [1.165, 1.54) is 0 Å². The normalized spacial score (nSPS) is 17.5. The summed E-state index contributed by atoms with van der Waals surface area (Å²) in [5.74, 6) is -0.0554. The Morgan fingerprint density at radius 3 is 2.75 bits per heavy atom. The summed E-state index contributed by atoms with van der Waals surface area (Å²) in [7, 11) is 0. The average molecular weight is 344 g/mol. The van der Waals surface area contributed by atoms with Crippen LogP contribution in [-0.2, 0) is 16.0 Å². The van der Waals surface area contributed by atoms with Crippen molar-refractivity contribution in [3.8, 4) is 0 Å². The second-order valence-electron chi connectivity index (χ2n) is 5.81. The Kier molecular flexibility index (Phi) is 5.27. The van der Waals surface area contributed by atoms with Gasteiger partial charge < -0.3 is 15.0 Å². The van der Waals surface area contributed by atoms with Crippen LogP contribution in [0.1, 0.15) is 22.2 Å². The maximum absolute atomic E-state index is 12.5. The summed E-state index contributed by atoms with van der Waals surface area (Å²) in [6, 6.07) is 10.9. The summed E-state index contributed by atoms with van der Waals surface area (Å²) in [6.07, 6.45) is 0.433. The molecular formula is C18H20N2O3S. The quantitative estimate of drug-likeness (QED) is 0.928. The lowest BCUT2D eigenvalue weighted by Gasteiger charge is -2.31. The minimum absolute atomic E-state index is 0.00149. The average Bonchev–Trinajstić information content (AvgIpc) is 3.07. The minimum Gasteiger partial charge on any atom is -0.375 e. The number of hydrogen-bond acceptors (Lipinski definition) is 4. The van der Waals surface area contributed by atoms with E-state index >= 15 is 0 Å². The molecule has 2 heterocycles. The molecule has 5 nitrogen and oxygen atoms in total. The van der Waals surface area contributed by atoms with Gasteiger partial charge in [0, 0.05) is 29.2 Å². The third-order valence-electron chi connectivity index (χ3n) is 3.86. The van der Waals surface area contributed by atoms with Crippen molar-refractivity contribution in [1.29, 1.82) is 0 Å².